The molecule has 6 nitrogen and oxygen atoms in total. The maximum absolute atomic E-state index is 11.9. The van der Waals surface area contributed by atoms with E-state index in [0.29, 0.717) is 26.1 Å². The number of nitrogens with one attached hydrogen (secondary N) is 1. The smallest absolute Gasteiger partial charge is 0.326 e. The van der Waals surface area contributed by atoms with Crippen molar-refractivity contribution in [1.82, 2.24) is 5.32 Å². The van der Waals surface area contributed by atoms with Crippen molar-refractivity contribution in [3.05, 3.63) is 12.7 Å². The van der Waals surface area contributed by atoms with Gasteiger partial charge >= 0.3 is 5.97 Å². The van der Waals surface area contributed by atoms with Gasteiger partial charge in [0.15, 0.2) is 0 Å². The fourth-order valence-electron chi connectivity index (χ4n) is 1.65. The van der Waals surface area contributed by atoms with Gasteiger partial charge in [-0.3, -0.25) is 4.79 Å². The summed E-state index contributed by atoms with van der Waals surface area (Å²) in [6.45, 7) is 4.29. The van der Waals surface area contributed by atoms with E-state index in [1.165, 1.54) is 6.08 Å². The maximum atomic E-state index is 11.9. The minimum atomic E-state index is -1.09. The Kier molecular flexibility index (Phi) is 4.65. The highest BCUT2D eigenvalue weighted by Crippen LogP contribution is 2.18. The molecule has 1 rings (SSSR count). The highest BCUT2D eigenvalue weighted by Gasteiger charge is 2.37. The van der Waals surface area contributed by atoms with Crippen molar-refractivity contribution in [1.29, 1.82) is 0 Å². The van der Waals surface area contributed by atoms with Gasteiger partial charge in [-0.25, -0.2) is 4.79 Å². The van der Waals surface area contributed by atoms with Gasteiger partial charge in [-0.15, -0.1) is 6.58 Å². The lowest BCUT2D eigenvalue weighted by molar-refractivity contribution is -0.143. The van der Waals surface area contributed by atoms with Crippen LogP contribution in [-0.2, 0) is 14.3 Å². The second-order valence-corrected chi connectivity index (χ2v) is 4.16. The van der Waals surface area contributed by atoms with E-state index in [2.05, 4.69) is 11.9 Å². The predicted molar refractivity (Wildman–Crippen MR) is 61.4 cm³/mol. The monoisotopic (exact) mass is 242 g/mol. The minimum absolute atomic E-state index is 0.174. The summed E-state index contributed by atoms with van der Waals surface area (Å²) in [5.74, 6) is -1.52. The molecule has 0 aliphatic carbocycles. The van der Waals surface area contributed by atoms with Crippen LogP contribution in [0.4, 0.5) is 0 Å². The number of carboxylic acid groups (broad SMARTS) is 1. The van der Waals surface area contributed by atoms with Gasteiger partial charge in [0, 0.05) is 13.2 Å². The molecule has 1 fully saturated rings. The third kappa shape index (κ3) is 3.54. The molecule has 6 heteroatoms. The van der Waals surface area contributed by atoms with Gasteiger partial charge in [-0.05, 0) is 19.3 Å². The van der Waals surface area contributed by atoms with Crippen LogP contribution in [0.3, 0.4) is 0 Å². The Balaban J connectivity index is 2.62. The molecule has 1 heterocycles. The Bertz CT molecular complexity index is 311. The average Bonchev–Trinajstić information content (AvgIpc) is 2.29. The number of ether oxygens (including phenoxy) is 1. The van der Waals surface area contributed by atoms with E-state index < -0.39 is 23.5 Å². The lowest BCUT2D eigenvalue weighted by Gasteiger charge is -2.32. The molecule has 0 aromatic carbocycles. The molecule has 0 saturated carbocycles. The Morgan fingerprint density at radius 1 is 1.53 bits per heavy atom. The van der Waals surface area contributed by atoms with E-state index in [0.717, 1.165) is 0 Å². The van der Waals surface area contributed by atoms with Crippen LogP contribution in [0.15, 0.2) is 12.7 Å². The van der Waals surface area contributed by atoms with E-state index in [1.54, 1.807) is 0 Å². The number of carbonyl (C=O) groups is 2. The molecule has 1 saturated heterocycles. The van der Waals surface area contributed by atoms with E-state index >= 15 is 0 Å². The van der Waals surface area contributed by atoms with E-state index in [4.69, 9.17) is 15.6 Å². The van der Waals surface area contributed by atoms with Crippen LogP contribution in [0.2, 0.25) is 0 Å². The number of hydrogen-bond acceptors (Lipinski definition) is 4. The lowest BCUT2D eigenvalue weighted by Crippen LogP contribution is -2.59. The van der Waals surface area contributed by atoms with Gasteiger partial charge in [0.25, 0.3) is 0 Å². The molecule has 1 aliphatic rings. The van der Waals surface area contributed by atoms with Crippen molar-refractivity contribution in [2.75, 3.05) is 13.2 Å². The number of amides is 1. The van der Waals surface area contributed by atoms with Crippen molar-refractivity contribution < 1.29 is 19.4 Å². The molecule has 0 radical (unpaired) electrons. The largest absolute Gasteiger partial charge is 0.480 e. The molecule has 17 heavy (non-hydrogen) atoms. The molecule has 4 N–H and O–H groups in total. The SMILES string of the molecule is C=CC[C@@H](NC(=O)C1(N)CCOCC1)C(=O)O. The van der Waals surface area contributed by atoms with E-state index in [9.17, 15) is 9.59 Å². The summed E-state index contributed by atoms with van der Waals surface area (Å²) in [6, 6.07) is -0.969. The third-order valence-electron chi connectivity index (χ3n) is 2.84. The van der Waals surface area contributed by atoms with Gasteiger partial charge in [-0.2, -0.15) is 0 Å². The zero-order valence-electron chi connectivity index (χ0n) is 9.65. The molecule has 0 spiro atoms. The zero-order chi connectivity index (χ0) is 12.9. The number of carboxylic acids is 1. The highest BCUT2D eigenvalue weighted by atomic mass is 16.5. The summed E-state index contributed by atoms with van der Waals surface area (Å²) in [5.41, 5.74) is 4.92. The molecule has 1 aliphatic heterocycles. The van der Waals surface area contributed by atoms with Crippen LogP contribution in [0.1, 0.15) is 19.3 Å². The number of carbonyl (C=O) groups excluding carboxylic acids is 1. The Hall–Kier alpha value is -1.40. The van der Waals surface area contributed by atoms with Gasteiger partial charge in [0.05, 0.1) is 5.54 Å². The molecule has 1 amide bonds. The topological polar surface area (TPSA) is 102 Å². The van der Waals surface area contributed by atoms with E-state index in [1.807, 2.05) is 0 Å². The zero-order valence-corrected chi connectivity index (χ0v) is 9.65. The molecule has 0 unspecified atom stereocenters. The standard InChI is InChI=1S/C11H18N2O4/c1-2-3-8(9(14)15)13-10(16)11(12)4-6-17-7-5-11/h2,8H,1,3-7,12H2,(H,13,16)(H,14,15)/t8-/m1/s1. The fraction of sp³-hybridized carbons (Fsp3) is 0.636. The highest BCUT2D eigenvalue weighted by molar-refractivity contribution is 5.90. The molecule has 0 aromatic rings. The van der Waals surface area contributed by atoms with Gasteiger partial charge in [0.2, 0.25) is 5.91 Å². The summed E-state index contributed by atoms with van der Waals surface area (Å²) < 4.78 is 5.12. The van der Waals surface area contributed by atoms with Crippen molar-refractivity contribution in [3.63, 3.8) is 0 Å². The summed E-state index contributed by atoms with van der Waals surface area (Å²) in [6.07, 6.45) is 2.43. The molecule has 0 bridgehead atoms. The van der Waals surface area contributed by atoms with Crippen LogP contribution in [0.5, 0.6) is 0 Å². The first-order chi connectivity index (χ1) is 7.99. The lowest BCUT2D eigenvalue weighted by atomic mass is 9.90. The first-order valence-corrected chi connectivity index (χ1v) is 5.51. The fourth-order valence-corrected chi connectivity index (χ4v) is 1.65. The quantitative estimate of drug-likeness (QED) is 0.571. The van der Waals surface area contributed by atoms with Crippen LogP contribution in [-0.4, -0.2) is 41.8 Å². The Labute approximate surface area is 99.8 Å². The number of aliphatic carboxylic acids is 1. The summed E-state index contributed by atoms with van der Waals surface area (Å²) in [7, 11) is 0. The van der Waals surface area contributed by atoms with Crippen molar-refractivity contribution in [2.24, 2.45) is 5.73 Å². The maximum Gasteiger partial charge on any atom is 0.326 e. The molecule has 0 aromatic heterocycles. The van der Waals surface area contributed by atoms with Crippen LogP contribution >= 0.6 is 0 Å². The number of rotatable bonds is 5. The van der Waals surface area contributed by atoms with Crippen LogP contribution in [0, 0.1) is 0 Å². The minimum Gasteiger partial charge on any atom is -0.480 e. The van der Waals surface area contributed by atoms with Crippen molar-refractivity contribution in [2.45, 2.75) is 30.8 Å². The van der Waals surface area contributed by atoms with Gasteiger partial charge in [-0.1, -0.05) is 6.08 Å². The van der Waals surface area contributed by atoms with Crippen LogP contribution in [0.25, 0.3) is 0 Å². The Morgan fingerprint density at radius 2 is 2.12 bits per heavy atom. The second-order valence-electron chi connectivity index (χ2n) is 4.16. The normalized spacial score (nSPS) is 20.3. The van der Waals surface area contributed by atoms with Crippen LogP contribution < -0.4 is 11.1 Å². The van der Waals surface area contributed by atoms with Crippen molar-refractivity contribution >= 4 is 11.9 Å². The number of nitrogens with two attached hydrogens (primary N) is 1. The predicted octanol–water partition coefficient (Wildman–Crippen LogP) is -0.360. The van der Waals surface area contributed by atoms with Gasteiger partial charge < -0.3 is 20.9 Å². The average molecular weight is 242 g/mol. The third-order valence-corrected chi connectivity index (χ3v) is 2.84. The molecule has 1 atom stereocenters. The molecular weight excluding hydrogens is 224 g/mol. The van der Waals surface area contributed by atoms with Crippen molar-refractivity contribution in [3.8, 4) is 0 Å². The van der Waals surface area contributed by atoms with Gasteiger partial charge in [0.1, 0.15) is 6.04 Å². The van der Waals surface area contributed by atoms with E-state index in [-0.39, 0.29) is 6.42 Å². The molecular formula is C11H18N2O4. The summed E-state index contributed by atoms with van der Waals surface area (Å²) in [4.78, 5) is 22.8. The summed E-state index contributed by atoms with van der Waals surface area (Å²) >= 11 is 0. The second kappa shape index (κ2) is 5.79. The molecule has 96 valence electrons. The summed E-state index contributed by atoms with van der Waals surface area (Å²) in [5, 5.41) is 11.3. The number of hydrogen-bond donors (Lipinski definition) is 3. The first-order valence-electron chi connectivity index (χ1n) is 5.51. The Morgan fingerprint density at radius 3 is 2.59 bits per heavy atom. The first kappa shape index (κ1) is 13.7.